The van der Waals surface area contributed by atoms with Crippen molar-refractivity contribution in [3.05, 3.63) is 53.3 Å². The van der Waals surface area contributed by atoms with Gasteiger partial charge in [0.15, 0.2) is 0 Å². The molecule has 0 radical (unpaired) electrons. The highest BCUT2D eigenvalue weighted by Crippen LogP contribution is 2.26. The zero-order chi connectivity index (χ0) is 19.2. The quantitative estimate of drug-likeness (QED) is 0.802. The Morgan fingerprint density at radius 3 is 2.67 bits per heavy atom. The first-order valence-corrected chi connectivity index (χ1v) is 10.2. The number of nitrogens with one attached hydrogen (secondary N) is 1. The Kier molecular flexibility index (Phi) is 6.54. The van der Waals surface area contributed by atoms with Crippen LogP contribution < -0.4 is 5.32 Å². The smallest absolute Gasteiger partial charge is 0.318 e. The second kappa shape index (κ2) is 9.07. The average Bonchev–Trinajstić information content (AvgIpc) is 3.12. The van der Waals surface area contributed by atoms with Crippen molar-refractivity contribution in [2.75, 3.05) is 0 Å². The maximum Gasteiger partial charge on any atom is 0.318 e. The van der Waals surface area contributed by atoms with Crippen LogP contribution in [0.5, 0.6) is 0 Å². The number of aryl methyl sites for hydroxylation is 2. The Hall–Kier alpha value is -2.30. The van der Waals surface area contributed by atoms with Crippen LogP contribution in [0, 0.1) is 6.92 Å². The number of nitrogens with zero attached hydrogens (tertiary/aromatic N) is 3. The Morgan fingerprint density at radius 1 is 1.30 bits per heavy atom. The molecule has 1 aliphatic carbocycles. The summed E-state index contributed by atoms with van der Waals surface area (Å²) in [5.41, 5.74) is 3.53. The highest BCUT2D eigenvalue weighted by Gasteiger charge is 2.27. The van der Waals surface area contributed by atoms with Crippen molar-refractivity contribution in [3.8, 4) is 0 Å². The minimum atomic E-state index is -0.00541. The van der Waals surface area contributed by atoms with Gasteiger partial charge in [-0.3, -0.25) is 4.68 Å². The molecule has 146 valence electrons. The maximum absolute atomic E-state index is 13.3. The highest BCUT2D eigenvalue weighted by atomic mass is 16.2. The standard InChI is InChI=1S/C22H32N4O/c1-4-21(19-14-23-25(3)15-19)24-22(27)26(20-12-6-5-7-13-20)16-18-11-9-8-10-17(18)2/h8-11,14-15,20-21H,4-7,12-13,16H2,1-3H3,(H,24,27)/t21-/m1/s1. The van der Waals surface area contributed by atoms with Crippen LogP contribution in [-0.4, -0.2) is 26.8 Å². The predicted molar refractivity (Wildman–Crippen MR) is 108 cm³/mol. The molecule has 2 aromatic rings. The van der Waals surface area contributed by atoms with Crippen LogP contribution in [0.1, 0.15) is 68.2 Å². The van der Waals surface area contributed by atoms with E-state index in [1.54, 1.807) is 4.68 Å². The molecule has 0 aliphatic heterocycles. The van der Waals surface area contributed by atoms with Gasteiger partial charge in [-0.1, -0.05) is 50.5 Å². The molecule has 0 bridgehead atoms. The van der Waals surface area contributed by atoms with Crippen LogP contribution in [0.4, 0.5) is 4.79 Å². The minimum Gasteiger partial charge on any atom is -0.331 e. The van der Waals surface area contributed by atoms with Crippen LogP contribution in [0.3, 0.4) is 0 Å². The fourth-order valence-electron chi connectivity index (χ4n) is 4.00. The molecule has 2 amide bonds. The van der Waals surface area contributed by atoms with Crippen molar-refractivity contribution in [3.63, 3.8) is 0 Å². The van der Waals surface area contributed by atoms with Crippen molar-refractivity contribution in [1.82, 2.24) is 20.0 Å². The number of urea groups is 1. The van der Waals surface area contributed by atoms with Gasteiger partial charge in [-0.2, -0.15) is 5.10 Å². The van der Waals surface area contributed by atoms with Crippen molar-refractivity contribution in [1.29, 1.82) is 0 Å². The van der Waals surface area contributed by atoms with E-state index >= 15 is 0 Å². The molecule has 27 heavy (non-hydrogen) atoms. The summed E-state index contributed by atoms with van der Waals surface area (Å²) < 4.78 is 1.79. The van der Waals surface area contributed by atoms with E-state index in [1.807, 2.05) is 19.4 Å². The number of hydrogen-bond acceptors (Lipinski definition) is 2. The summed E-state index contributed by atoms with van der Waals surface area (Å²) in [7, 11) is 1.91. The summed E-state index contributed by atoms with van der Waals surface area (Å²) >= 11 is 0. The first kappa shape index (κ1) is 19.5. The number of carbonyl (C=O) groups is 1. The zero-order valence-electron chi connectivity index (χ0n) is 16.8. The third-order valence-electron chi connectivity index (χ3n) is 5.71. The van der Waals surface area contributed by atoms with Crippen LogP contribution in [0.15, 0.2) is 36.7 Å². The van der Waals surface area contributed by atoms with Gasteiger partial charge >= 0.3 is 6.03 Å². The van der Waals surface area contributed by atoms with E-state index < -0.39 is 0 Å². The van der Waals surface area contributed by atoms with E-state index in [9.17, 15) is 4.79 Å². The van der Waals surface area contributed by atoms with Gasteiger partial charge < -0.3 is 10.2 Å². The molecule has 1 saturated carbocycles. The van der Waals surface area contributed by atoms with Crippen molar-refractivity contribution >= 4 is 6.03 Å². The second-order valence-electron chi connectivity index (χ2n) is 7.70. The molecule has 1 aromatic carbocycles. The minimum absolute atomic E-state index is 0.00541. The van der Waals surface area contributed by atoms with Gasteiger partial charge in [-0.15, -0.1) is 0 Å². The van der Waals surface area contributed by atoms with Crippen LogP contribution in [0.2, 0.25) is 0 Å². The molecular formula is C22H32N4O. The third-order valence-corrected chi connectivity index (χ3v) is 5.71. The second-order valence-corrected chi connectivity index (χ2v) is 7.70. The summed E-state index contributed by atoms with van der Waals surface area (Å²) in [6.07, 6.45) is 10.6. The lowest BCUT2D eigenvalue weighted by molar-refractivity contribution is 0.147. The van der Waals surface area contributed by atoms with Crippen molar-refractivity contribution < 1.29 is 4.79 Å². The summed E-state index contributed by atoms with van der Waals surface area (Å²) in [4.78, 5) is 15.4. The fraction of sp³-hybridized carbons (Fsp3) is 0.545. The summed E-state index contributed by atoms with van der Waals surface area (Å²) in [6, 6.07) is 8.73. The summed E-state index contributed by atoms with van der Waals surface area (Å²) in [5.74, 6) is 0. The van der Waals surface area contributed by atoms with Crippen LogP contribution >= 0.6 is 0 Å². The lowest BCUT2D eigenvalue weighted by Crippen LogP contribution is -2.47. The van der Waals surface area contributed by atoms with E-state index in [-0.39, 0.29) is 12.1 Å². The van der Waals surface area contributed by atoms with Gasteiger partial charge in [0.1, 0.15) is 0 Å². The van der Waals surface area contributed by atoms with Gasteiger partial charge in [-0.25, -0.2) is 4.79 Å². The molecule has 3 rings (SSSR count). The summed E-state index contributed by atoms with van der Waals surface area (Å²) in [5, 5.41) is 7.53. The Balaban J connectivity index is 1.78. The number of aromatic nitrogens is 2. The van der Waals surface area contributed by atoms with E-state index in [0.717, 1.165) is 24.8 Å². The van der Waals surface area contributed by atoms with E-state index in [2.05, 4.69) is 53.4 Å². The first-order valence-electron chi connectivity index (χ1n) is 10.2. The maximum atomic E-state index is 13.3. The summed E-state index contributed by atoms with van der Waals surface area (Å²) in [6.45, 7) is 4.90. The molecule has 1 heterocycles. The molecule has 1 aliphatic rings. The molecule has 0 unspecified atom stereocenters. The number of rotatable bonds is 6. The van der Waals surface area contributed by atoms with Gasteiger partial charge in [0.2, 0.25) is 0 Å². The monoisotopic (exact) mass is 368 g/mol. The van der Waals surface area contributed by atoms with Gasteiger partial charge in [-0.05, 0) is 37.3 Å². The van der Waals surface area contributed by atoms with Crippen molar-refractivity contribution in [2.45, 2.75) is 71.0 Å². The normalized spacial score (nSPS) is 16.1. The number of benzene rings is 1. The number of carbonyl (C=O) groups excluding carboxylic acids is 1. The van der Waals surface area contributed by atoms with E-state index in [1.165, 1.54) is 30.4 Å². The average molecular weight is 369 g/mol. The predicted octanol–water partition coefficient (Wildman–Crippen LogP) is 4.72. The topological polar surface area (TPSA) is 50.2 Å². The lowest BCUT2D eigenvalue weighted by atomic mass is 9.93. The molecule has 0 spiro atoms. The molecule has 0 saturated heterocycles. The Morgan fingerprint density at radius 2 is 2.04 bits per heavy atom. The molecule has 1 N–H and O–H groups in total. The molecule has 1 fully saturated rings. The Labute approximate surface area is 162 Å². The zero-order valence-corrected chi connectivity index (χ0v) is 16.8. The molecular weight excluding hydrogens is 336 g/mol. The first-order chi connectivity index (χ1) is 13.1. The third kappa shape index (κ3) is 4.90. The Bertz CT molecular complexity index is 748. The molecule has 1 atom stereocenters. The number of amides is 2. The number of hydrogen-bond donors (Lipinski definition) is 1. The van der Waals surface area contributed by atoms with Gasteiger partial charge in [0.25, 0.3) is 0 Å². The largest absolute Gasteiger partial charge is 0.331 e. The molecule has 1 aromatic heterocycles. The van der Waals surface area contributed by atoms with Gasteiger partial charge in [0, 0.05) is 31.4 Å². The van der Waals surface area contributed by atoms with Crippen LogP contribution in [0.25, 0.3) is 0 Å². The van der Waals surface area contributed by atoms with E-state index in [4.69, 9.17) is 0 Å². The highest BCUT2D eigenvalue weighted by molar-refractivity contribution is 5.75. The fourth-order valence-corrected chi connectivity index (χ4v) is 4.00. The molecule has 5 heteroatoms. The van der Waals surface area contributed by atoms with Gasteiger partial charge in [0.05, 0.1) is 12.2 Å². The lowest BCUT2D eigenvalue weighted by Gasteiger charge is -2.36. The van der Waals surface area contributed by atoms with Crippen LogP contribution in [-0.2, 0) is 13.6 Å². The molecule has 5 nitrogen and oxygen atoms in total. The SMILES string of the molecule is CC[C@@H](NC(=O)N(Cc1ccccc1C)C1CCCCC1)c1cnn(C)c1. The van der Waals surface area contributed by atoms with Crippen molar-refractivity contribution in [2.24, 2.45) is 7.05 Å². The van der Waals surface area contributed by atoms with E-state index in [0.29, 0.717) is 12.6 Å².